The minimum absolute atomic E-state index is 0.120. The number of halogens is 1. The van der Waals surface area contributed by atoms with Crippen LogP contribution in [0.2, 0.25) is 5.02 Å². The van der Waals surface area contributed by atoms with Crippen molar-refractivity contribution in [3.8, 4) is 5.75 Å². The molecule has 0 radical (unpaired) electrons. The second-order valence-corrected chi connectivity index (χ2v) is 8.28. The number of hydrogen-bond acceptors (Lipinski definition) is 7. The van der Waals surface area contributed by atoms with Crippen LogP contribution in [0.15, 0.2) is 66.9 Å². The maximum atomic E-state index is 12.1. The monoisotopic (exact) mass is 481 g/mol. The Bertz CT molecular complexity index is 1130. The number of ether oxygens (including phenoxy) is 1. The van der Waals surface area contributed by atoms with E-state index in [0.717, 1.165) is 37.6 Å². The fourth-order valence-electron chi connectivity index (χ4n) is 3.72. The molecule has 0 atom stereocenters. The zero-order valence-corrected chi connectivity index (χ0v) is 19.1. The summed E-state index contributed by atoms with van der Waals surface area (Å²) in [5.74, 6) is 1.10. The quantitative estimate of drug-likeness (QED) is 0.383. The number of amides is 1. The van der Waals surface area contributed by atoms with Crippen molar-refractivity contribution < 1.29 is 14.5 Å². The van der Waals surface area contributed by atoms with E-state index in [4.69, 9.17) is 16.3 Å². The fraction of sp³-hybridized carbons (Fsp3) is 0.250. The first kappa shape index (κ1) is 23.5. The van der Waals surface area contributed by atoms with Gasteiger partial charge < -0.3 is 15.0 Å². The Morgan fingerprint density at radius 1 is 1.06 bits per heavy atom. The molecule has 1 aliphatic rings. The summed E-state index contributed by atoms with van der Waals surface area (Å²) in [4.78, 5) is 31.9. The van der Waals surface area contributed by atoms with Crippen LogP contribution in [0.25, 0.3) is 0 Å². The maximum absolute atomic E-state index is 12.1. The summed E-state index contributed by atoms with van der Waals surface area (Å²) in [7, 11) is 0. The highest BCUT2D eigenvalue weighted by atomic mass is 35.5. The first-order valence-electron chi connectivity index (χ1n) is 10.8. The summed E-state index contributed by atoms with van der Waals surface area (Å²) in [6, 6.07) is 17.3. The molecule has 0 aliphatic carbocycles. The van der Waals surface area contributed by atoms with E-state index in [-0.39, 0.29) is 23.1 Å². The first-order chi connectivity index (χ1) is 16.5. The highest BCUT2D eigenvalue weighted by molar-refractivity contribution is 6.30. The van der Waals surface area contributed by atoms with Gasteiger partial charge in [-0.2, -0.15) is 0 Å². The van der Waals surface area contributed by atoms with Crippen LogP contribution in [0.5, 0.6) is 5.75 Å². The molecule has 0 spiro atoms. The van der Waals surface area contributed by atoms with E-state index in [9.17, 15) is 14.9 Å². The SMILES string of the molecule is O=C(COc1ccc(Cl)cc1)Nc1ccc(N2CCN(Cc3ccccc3[N+](=O)[O-])CC2)nc1. The van der Waals surface area contributed by atoms with Gasteiger partial charge in [0.05, 0.1) is 16.8 Å². The number of carbonyl (C=O) groups is 1. The zero-order valence-electron chi connectivity index (χ0n) is 18.4. The van der Waals surface area contributed by atoms with Gasteiger partial charge in [-0.3, -0.25) is 19.8 Å². The van der Waals surface area contributed by atoms with Gasteiger partial charge in [0.2, 0.25) is 0 Å². The third-order valence-electron chi connectivity index (χ3n) is 5.49. The Kier molecular flexibility index (Phi) is 7.56. The Hall–Kier alpha value is -3.69. The van der Waals surface area contributed by atoms with Crippen LogP contribution >= 0.6 is 11.6 Å². The molecule has 1 amide bonds. The lowest BCUT2D eigenvalue weighted by Gasteiger charge is -2.35. The molecule has 1 aliphatic heterocycles. The molecule has 0 unspecified atom stereocenters. The van der Waals surface area contributed by atoms with Crippen molar-refractivity contribution in [3.63, 3.8) is 0 Å². The van der Waals surface area contributed by atoms with Crippen LogP contribution in [-0.4, -0.2) is 53.5 Å². The molecule has 9 nitrogen and oxygen atoms in total. The number of nitro benzene ring substituents is 1. The Balaban J connectivity index is 1.25. The average molecular weight is 482 g/mol. The van der Waals surface area contributed by atoms with Crippen LogP contribution in [0.3, 0.4) is 0 Å². The minimum Gasteiger partial charge on any atom is -0.484 e. The van der Waals surface area contributed by atoms with Crippen molar-refractivity contribution in [2.45, 2.75) is 6.54 Å². The largest absolute Gasteiger partial charge is 0.484 e. The molecule has 1 saturated heterocycles. The smallest absolute Gasteiger partial charge is 0.273 e. The molecule has 0 bridgehead atoms. The standard InChI is InChI=1S/C24H24ClN5O4/c25-19-5-8-21(9-6-19)34-17-24(31)27-20-7-10-23(26-15-20)29-13-11-28(12-14-29)16-18-3-1-2-4-22(18)30(32)33/h1-10,15H,11-14,16-17H2,(H,27,31). The number of nitrogens with zero attached hydrogens (tertiary/aromatic N) is 4. The number of para-hydroxylation sites is 1. The van der Waals surface area contributed by atoms with Crippen molar-refractivity contribution in [3.05, 3.63) is 87.6 Å². The second kappa shape index (κ2) is 11.0. The third-order valence-corrected chi connectivity index (χ3v) is 5.75. The molecule has 3 aromatic rings. The predicted octanol–water partition coefficient (Wildman–Crippen LogP) is 3.98. The number of rotatable bonds is 8. The third kappa shape index (κ3) is 6.21. The highest BCUT2D eigenvalue weighted by Crippen LogP contribution is 2.22. The minimum atomic E-state index is -0.334. The Morgan fingerprint density at radius 2 is 1.79 bits per heavy atom. The van der Waals surface area contributed by atoms with E-state index in [2.05, 4.69) is 20.1 Å². The maximum Gasteiger partial charge on any atom is 0.273 e. The van der Waals surface area contributed by atoms with Crippen LogP contribution in [0.1, 0.15) is 5.56 Å². The van der Waals surface area contributed by atoms with Gasteiger partial charge >= 0.3 is 0 Å². The van der Waals surface area contributed by atoms with E-state index >= 15 is 0 Å². The van der Waals surface area contributed by atoms with Crippen molar-refractivity contribution in [2.75, 3.05) is 43.0 Å². The number of pyridine rings is 1. The fourth-order valence-corrected chi connectivity index (χ4v) is 3.85. The van der Waals surface area contributed by atoms with E-state index in [1.54, 1.807) is 48.7 Å². The highest BCUT2D eigenvalue weighted by Gasteiger charge is 2.21. The van der Waals surface area contributed by atoms with Gasteiger partial charge in [0, 0.05) is 49.4 Å². The summed E-state index contributed by atoms with van der Waals surface area (Å²) in [5, 5.41) is 14.6. The van der Waals surface area contributed by atoms with Gasteiger partial charge in [-0.15, -0.1) is 0 Å². The second-order valence-electron chi connectivity index (χ2n) is 7.84. The number of nitro groups is 1. The lowest BCUT2D eigenvalue weighted by molar-refractivity contribution is -0.385. The molecule has 2 heterocycles. The lowest BCUT2D eigenvalue weighted by Crippen LogP contribution is -2.46. The first-order valence-corrected chi connectivity index (χ1v) is 11.2. The average Bonchev–Trinajstić information content (AvgIpc) is 2.85. The number of hydrogen-bond donors (Lipinski definition) is 1. The number of carbonyl (C=O) groups excluding carboxylic acids is 1. The van der Waals surface area contributed by atoms with Gasteiger partial charge in [-0.25, -0.2) is 4.98 Å². The van der Waals surface area contributed by atoms with Gasteiger partial charge in [0.15, 0.2) is 6.61 Å². The van der Waals surface area contributed by atoms with E-state index in [1.807, 2.05) is 18.2 Å². The van der Waals surface area contributed by atoms with Crippen LogP contribution in [0.4, 0.5) is 17.2 Å². The molecule has 1 N–H and O–H groups in total. The molecule has 10 heteroatoms. The number of anilines is 2. The summed E-state index contributed by atoms with van der Waals surface area (Å²) in [6.45, 7) is 3.48. The molecule has 1 fully saturated rings. The zero-order chi connectivity index (χ0) is 23.9. The van der Waals surface area contributed by atoms with E-state index < -0.39 is 0 Å². The van der Waals surface area contributed by atoms with Crippen molar-refractivity contribution in [2.24, 2.45) is 0 Å². The predicted molar refractivity (Wildman–Crippen MR) is 130 cm³/mol. The summed E-state index contributed by atoms with van der Waals surface area (Å²) >= 11 is 5.84. The van der Waals surface area contributed by atoms with Gasteiger partial charge in [0.25, 0.3) is 11.6 Å². The van der Waals surface area contributed by atoms with Crippen LogP contribution in [-0.2, 0) is 11.3 Å². The molecule has 34 heavy (non-hydrogen) atoms. The topological polar surface area (TPSA) is 101 Å². The summed E-state index contributed by atoms with van der Waals surface area (Å²) in [6.07, 6.45) is 1.62. The summed E-state index contributed by atoms with van der Waals surface area (Å²) < 4.78 is 5.45. The molecule has 4 rings (SSSR count). The molecule has 1 aromatic heterocycles. The van der Waals surface area contributed by atoms with Gasteiger partial charge in [-0.05, 0) is 36.4 Å². The van der Waals surface area contributed by atoms with Crippen molar-refractivity contribution in [1.82, 2.24) is 9.88 Å². The Labute approximate surface area is 202 Å². The molecule has 176 valence electrons. The van der Waals surface area contributed by atoms with E-state index in [1.165, 1.54) is 0 Å². The van der Waals surface area contributed by atoms with Crippen LogP contribution < -0.4 is 15.0 Å². The van der Waals surface area contributed by atoms with Crippen molar-refractivity contribution >= 4 is 34.7 Å². The van der Waals surface area contributed by atoms with Gasteiger partial charge in [0.1, 0.15) is 11.6 Å². The van der Waals surface area contributed by atoms with Gasteiger partial charge in [-0.1, -0.05) is 29.8 Å². The number of benzene rings is 2. The van der Waals surface area contributed by atoms with Crippen molar-refractivity contribution in [1.29, 1.82) is 0 Å². The number of piperazine rings is 1. The number of nitrogens with one attached hydrogen (secondary N) is 1. The van der Waals surface area contributed by atoms with Crippen LogP contribution in [0, 0.1) is 10.1 Å². The number of aromatic nitrogens is 1. The van der Waals surface area contributed by atoms with E-state index in [0.29, 0.717) is 23.0 Å². The molecular formula is C24H24ClN5O4. The Morgan fingerprint density at radius 3 is 2.47 bits per heavy atom. The molecular weight excluding hydrogens is 458 g/mol. The molecule has 0 saturated carbocycles. The normalized spacial score (nSPS) is 14.0. The summed E-state index contributed by atoms with van der Waals surface area (Å²) in [5.41, 5.74) is 1.46. The molecule has 2 aromatic carbocycles. The lowest BCUT2D eigenvalue weighted by atomic mass is 10.1.